The summed E-state index contributed by atoms with van der Waals surface area (Å²) in [5, 5.41) is 0. The second-order valence-electron chi connectivity index (χ2n) is 4.03. The van der Waals surface area contributed by atoms with Gasteiger partial charge in [-0.1, -0.05) is 15.9 Å². The largest absolute Gasteiger partial charge is 0.396 e. The Balaban J connectivity index is 2.24. The lowest BCUT2D eigenvalue weighted by Gasteiger charge is -2.21. The summed E-state index contributed by atoms with van der Waals surface area (Å²) in [6.07, 6.45) is 3.25. The molecule has 0 radical (unpaired) electrons. The maximum atomic E-state index is 13.7. The van der Waals surface area contributed by atoms with Crippen LogP contribution in [0.3, 0.4) is 0 Å². The van der Waals surface area contributed by atoms with Crippen molar-refractivity contribution in [3.05, 3.63) is 52.5 Å². The fourth-order valence-electron chi connectivity index (χ4n) is 1.75. The summed E-state index contributed by atoms with van der Waals surface area (Å²) >= 11 is 3.34. The van der Waals surface area contributed by atoms with Gasteiger partial charge in [0.2, 0.25) is 0 Å². The normalized spacial score (nSPS) is 10.4. The molecule has 0 bridgehead atoms. The molecule has 3 nitrogen and oxygen atoms in total. The first kappa shape index (κ1) is 12.8. The second kappa shape index (κ2) is 5.35. The van der Waals surface area contributed by atoms with Crippen molar-refractivity contribution in [2.45, 2.75) is 6.54 Å². The van der Waals surface area contributed by atoms with Crippen molar-refractivity contribution in [2.24, 2.45) is 0 Å². The SMILES string of the molecule is CN(Cc1cc(Br)ccc1F)c1ccncc1N. The Morgan fingerprint density at radius 3 is 2.89 bits per heavy atom. The van der Waals surface area contributed by atoms with Crippen molar-refractivity contribution >= 4 is 27.3 Å². The van der Waals surface area contributed by atoms with Crippen LogP contribution < -0.4 is 10.6 Å². The molecule has 0 saturated carbocycles. The van der Waals surface area contributed by atoms with Crippen LogP contribution in [0.2, 0.25) is 0 Å². The van der Waals surface area contributed by atoms with E-state index in [0.29, 0.717) is 17.8 Å². The highest BCUT2D eigenvalue weighted by molar-refractivity contribution is 9.10. The van der Waals surface area contributed by atoms with Crippen molar-refractivity contribution in [1.29, 1.82) is 0 Å². The fourth-order valence-corrected chi connectivity index (χ4v) is 2.16. The Hall–Kier alpha value is -1.62. The van der Waals surface area contributed by atoms with Gasteiger partial charge in [-0.05, 0) is 24.3 Å². The molecule has 0 aliphatic heterocycles. The first-order valence-corrected chi connectivity index (χ1v) is 6.22. The zero-order valence-corrected chi connectivity index (χ0v) is 11.5. The molecule has 94 valence electrons. The molecule has 0 unspecified atom stereocenters. The van der Waals surface area contributed by atoms with Crippen LogP contribution in [0.4, 0.5) is 15.8 Å². The number of hydrogen-bond donors (Lipinski definition) is 1. The highest BCUT2D eigenvalue weighted by Crippen LogP contribution is 2.23. The van der Waals surface area contributed by atoms with E-state index in [1.54, 1.807) is 24.5 Å². The first-order chi connectivity index (χ1) is 8.58. The molecule has 0 aliphatic carbocycles. The summed E-state index contributed by atoms with van der Waals surface area (Å²) in [6, 6.07) is 6.71. The Labute approximate surface area is 114 Å². The summed E-state index contributed by atoms with van der Waals surface area (Å²) in [5.41, 5.74) is 7.87. The summed E-state index contributed by atoms with van der Waals surface area (Å²) in [4.78, 5) is 5.82. The third kappa shape index (κ3) is 2.79. The maximum absolute atomic E-state index is 13.7. The van der Waals surface area contributed by atoms with E-state index >= 15 is 0 Å². The molecule has 0 saturated heterocycles. The fraction of sp³-hybridized carbons (Fsp3) is 0.154. The topological polar surface area (TPSA) is 42.2 Å². The van der Waals surface area contributed by atoms with Crippen molar-refractivity contribution in [3.63, 3.8) is 0 Å². The second-order valence-corrected chi connectivity index (χ2v) is 4.94. The average Bonchev–Trinajstić information content (AvgIpc) is 2.34. The Morgan fingerprint density at radius 2 is 2.17 bits per heavy atom. The van der Waals surface area contributed by atoms with Crippen LogP contribution in [-0.4, -0.2) is 12.0 Å². The van der Waals surface area contributed by atoms with Gasteiger partial charge in [0.15, 0.2) is 0 Å². The van der Waals surface area contributed by atoms with Gasteiger partial charge in [0.1, 0.15) is 5.82 Å². The molecule has 0 amide bonds. The smallest absolute Gasteiger partial charge is 0.128 e. The van der Waals surface area contributed by atoms with Crippen LogP contribution in [0.5, 0.6) is 0 Å². The molecule has 18 heavy (non-hydrogen) atoms. The van der Waals surface area contributed by atoms with Crippen molar-refractivity contribution in [2.75, 3.05) is 17.7 Å². The number of nitrogens with two attached hydrogens (primary N) is 1. The molecule has 1 heterocycles. The number of aromatic nitrogens is 1. The van der Waals surface area contributed by atoms with E-state index in [4.69, 9.17) is 5.73 Å². The van der Waals surface area contributed by atoms with E-state index in [0.717, 1.165) is 10.2 Å². The third-order valence-corrected chi connectivity index (χ3v) is 3.15. The van der Waals surface area contributed by atoms with Gasteiger partial charge >= 0.3 is 0 Å². The van der Waals surface area contributed by atoms with Crippen molar-refractivity contribution in [1.82, 2.24) is 4.98 Å². The van der Waals surface area contributed by atoms with Crippen molar-refractivity contribution in [3.8, 4) is 0 Å². The summed E-state index contributed by atoms with van der Waals surface area (Å²) in [6.45, 7) is 0.444. The monoisotopic (exact) mass is 309 g/mol. The molecule has 1 aromatic heterocycles. The standard InChI is InChI=1S/C13H13BrFN3/c1-18(13-4-5-17-7-12(13)16)8-9-6-10(14)2-3-11(9)15/h2-7H,8,16H2,1H3. The van der Waals surface area contributed by atoms with Gasteiger partial charge in [-0.25, -0.2) is 4.39 Å². The van der Waals surface area contributed by atoms with Gasteiger partial charge in [-0.2, -0.15) is 0 Å². The maximum Gasteiger partial charge on any atom is 0.128 e. The van der Waals surface area contributed by atoms with Crippen LogP contribution >= 0.6 is 15.9 Å². The van der Waals surface area contributed by atoms with Gasteiger partial charge in [-0.3, -0.25) is 4.98 Å². The number of pyridine rings is 1. The van der Waals surface area contributed by atoms with E-state index in [1.165, 1.54) is 6.07 Å². The minimum Gasteiger partial charge on any atom is -0.396 e. The lowest BCUT2D eigenvalue weighted by molar-refractivity contribution is 0.607. The Bertz CT molecular complexity index is 560. The van der Waals surface area contributed by atoms with E-state index in [-0.39, 0.29) is 5.82 Å². The molecule has 2 N–H and O–H groups in total. The van der Waals surface area contributed by atoms with Crippen LogP contribution in [0.1, 0.15) is 5.56 Å². The molecule has 0 fully saturated rings. The number of hydrogen-bond acceptors (Lipinski definition) is 3. The molecular weight excluding hydrogens is 297 g/mol. The van der Waals surface area contributed by atoms with Crippen molar-refractivity contribution < 1.29 is 4.39 Å². The van der Waals surface area contributed by atoms with Gasteiger partial charge in [0.25, 0.3) is 0 Å². The number of nitrogen functional groups attached to an aromatic ring is 1. The van der Waals surface area contributed by atoms with Gasteiger partial charge in [0.05, 0.1) is 17.6 Å². The highest BCUT2D eigenvalue weighted by atomic mass is 79.9. The Kier molecular flexibility index (Phi) is 3.81. The van der Waals surface area contributed by atoms with Gasteiger partial charge in [-0.15, -0.1) is 0 Å². The number of anilines is 2. The minimum absolute atomic E-state index is 0.224. The minimum atomic E-state index is -0.224. The van der Waals surface area contributed by atoms with E-state index in [1.807, 2.05) is 18.0 Å². The zero-order valence-electron chi connectivity index (χ0n) is 9.90. The van der Waals surface area contributed by atoms with Crippen LogP contribution in [-0.2, 0) is 6.54 Å². The highest BCUT2D eigenvalue weighted by Gasteiger charge is 2.09. The average molecular weight is 310 g/mol. The first-order valence-electron chi connectivity index (χ1n) is 5.42. The van der Waals surface area contributed by atoms with Crippen LogP contribution in [0.15, 0.2) is 41.1 Å². The van der Waals surface area contributed by atoms with E-state index < -0.39 is 0 Å². The summed E-state index contributed by atoms with van der Waals surface area (Å²) in [7, 11) is 1.87. The molecule has 2 aromatic rings. The molecule has 0 atom stereocenters. The molecule has 2 rings (SSSR count). The number of rotatable bonds is 3. The molecule has 0 aliphatic rings. The lowest BCUT2D eigenvalue weighted by Crippen LogP contribution is -2.18. The number of nitrogens with zero attached hydrogens (tertiary/aromatic N) is 2. The molecule has 5 heteroatoms. The Morgan fingerprint density at radius 1 is 1.39 bits per heavy atom. The predicted octanol–water partition coefficient (Wildman–Crippen LogP) is 3.20. The quantitative estimate of drug-likeness (QED) is 0.946. The molecular formula is C13H13BrFN3. The third-order valence-electron chi connectivity index (χ3n) is 2.65. The molecule has 1 aromatic carbocycles. The van der Waals surface area contributed by atoms with E-state index in [2.05, 4.69) is 20.9 Å². The van der Waals surface area contributed by atoms with E-state index in [9.17, 15) is 4.39 Å². The summed E-state index contributed by atoms with van der Waals surface area (Å²) < 4.78 is 14.5. The molecule has 0 spiro atoms. The lowest BCUT2D eigenvalue weighted by atomic mass is 10.2. The van der Waals surface area contributed by atoms with Crippen LogP contribution in [0.25, 0.3) is 0 Å². The van der Waals surface area contributed by atoms with Crippen LogP contribution in [0, 0.1) is 5.82 Å². The van der Waals surface area contributed by atoms with Gasteiger partial charge < -0.3 is 10.6 Å². The number of halogens is 2. The van der Waals surface area contributed by atoms with Gasteiger partial charge in [0, 0.05) is 29.8 Å². The summed E-state index contributed by atoms with van der Waals surface area (Å²) in [5.74, 6) is -0.224. The zero-order chi connectivity index (χ0) is 13.1. The predicted molar refractivity (Wildman–Crippen MR) is 74.9 cm³/mol. The number of benzene rings is 1.